The Balaban J connectivity index is 2.79. The van der Waals surface area contributed by atoms with Crippen molar-refractivity contribution in [1.29, 1.82) is 0 Å². The summed E-state index contributed by atoms with van der Waals surface area (Å²) in [6, 6.07) is 3.86. The second-order valence-electron chi connectivity index (χ2n) is 3.38. The Morgan fingerprint density at radius 3 is 2.56 bits per heavy atom. The Kier molecular flexibility index (Phi) is 4.41. The highest BCUT2D eigenvalue weighted by molar-refractivity contribution is 5.91. The number of aromatic carboxylic acids is 1. The number of carboxylic acids is 1. The van der Waals surface area contributed by atoms with Crippen LogP contribution in [0.25, 0.3) is 0 Å². The third-order valence-electron chi connectivity index (χ3n) is 2.06. The summed E-state index contributed by atoms with van der Waals surface area (Å²) in [6.07, 6.45) is -5.48. The molecule has 1 rings (SSSR count). The molecule has 0 bridgehead atoms. The first kappa shape index (κ1) is 14.1. The van der Waals surface area contributed by atoms with Crippen molar-refractivity contribution in [2.24, 2.45) is 0 Å². The molecule has 0 fully saturated rings. The van der Waals surface area contributed by atoms with Crippen molar-refractivity contribution in [3.63, 3.8) is 0 Å². The molecule has 1 aromatic rings. The van der Waals surface area contributed by atoms with Crippen LogP contribution in [0.1, 0.15) is 16.8 Å². The van der Waals surface area contributed by atoms with Crippen molar-refractivity contribution in [3.8, 4) is 11.5 Å². The van der Waals surface area contributed by atoms with Crippen LogP contribution in [0.2, 0.25) is 0 Å². The van der Waals surface area contributed by atoms with E-state index in [1.165, 1.54) is 25.3 Å². The van der Waals surface area contributed by atoms with Crippen molar-refractivity contribution in [2.75, 3.05) is 13.7 Å². The van der Waals surface area contributed by atoms with Gasteiger partial charge in [-0.1, -0.05) is 0 Å². The highest BCUT2D eigenvalue weighted by atomic mass is 19.4. The van der Waals surface area contributed by atoms with Crippen LogP contribution in [-0.2, 0) is 0 Å². The lowest BCUT2D eigenvalue weighted by molar-refractivity contribution is -0.139. The van der Waals surface area contributed by atoms with E-state index in [0.29, 0.717) is 0 Å². The number of benzene rings is 1. The van der Waals surface area contributed by atoms with E-state index in [-0.39, 0.29) is 17.1 Å². The van der Waals surface area contributed by atoms with Crippen LogP contribution < -0.4 is 9.47 Å². The fourth-order valence-electron chi connectivity index (χ4n) is 1.21. The molecule has 1 N–H and O–H groups in total. The topological polar surface area (TPSA) is 55.8 Å². The number of hydrogen-bond donors (Lipinski definition) is 1. The lowest BCUT2D eigenvalue weighted by atomic mass is 10.2. The van der Waals surface area contributed by atoms with Crippen LogP contribution >= 0.6 is 0 Å². The number of rotatable bonds is 5. The zero-order valence-electron chi connectivity index (χ0n) is 9.45. The zero-order chi connectivity index (χ0) is 13.8. The van der Waals surface area contributed by atoms with E-state index in [4.69, 9.17) is 14.6 Å². The van der Waals surface area contributed by atoms with Crippen molar-refractivity contribution in [3.05, 3.63) is 23.8 Å². The predicted octanol–water partition coefficient (Wildman–Crippen LogP) is 2.72. The Morgan fingerprint density at radius 1 is 1.39 bits per heavy atom. The smallest absolute Gasteiger partial charge is 0.392 e. The van der Waals surface area contributed by atoms with Gasteiger partial charge < -0.3 is 14.6 Å². The molecule has 0 aliphatic heterocycles. The van der Waals surface area contributed by atoms with Gasteiger partial charge in [0, 0.05) is 0 Å². The lowest BCUT2D eigenvalue weighted by Gasteiger charge is -2.11. The summed E-state index contributed by atoms with van der Waals surface area (Å²) < 4.78 is 45.4. The zero-order valence-corrected chi connectivity index (χ0v) is 9.45. The molecule has 4 nitrogen and oxygen atoms in total. The van der Waals surface area contributed by atoms with Gasteiger partial charge in [0.05, 0.1) is 20.1 Å². The van der Waals surface area contributed by atoms with E-state index in [0.717, 1.165) is 0 Å². The number of carbonyl (C=O) groups is 1. The van der Waals surface area contributed by atoms with Crippen LogP contribution in [0.4, 0.5) is 13.2 Å². The predicted molar refractivity (Wildman–Crippen MR) is 56.1 cm³/mol. The normalized spacial score (nSPS) is 11.1. The number of methoxy groups -OCH3 is 1. The molecule has 0 heterocycles. The molecule has 0 aliphatic rings. The molecule has 0 aromatic heterocycles. The summed E-state index contributed by atoms with van der Waals surface area (Å²) >= 11 is 0. The summed E-state index contributed by atoms with van der Waals surface area (Å²) in [4.78, 5) is 10.9. The van der Waals surface area contributed by atoms with Gasteiger partial charge in [0.2, 0.25) is 0 Å². The average Bonchev–Trinajstić information content (AvgIpc) is 2.27. The van der Waals surface area contributed by atoms with Gasteiger partial charge in [0.15, 0.2) is 0 Å². The Hall–Kier alpha value is -1.92. The summed E-state index contributed by atoms with van der Waals surface area (Å²) in [5.41, 5.74) is -0.239. The molecule has 0 amide bonds. The van der Waals surface area contributed by atoms with Crippen LogP contribution in [0.3, 0.4) is 0 Å². The largest absolute Gasteiger partial charge is 0.497 e. The van der Waals surface area contributed by atoms with Crippen LogP contribution in [0, 0.1) is 0 Å². The Morgan fingerprint density at radius 2 is 2.06 bits per heavy atom. The van der Waals surface area contributed by atoms with Crippen molar-refractivity contribution in [1.82, 2.24) is 0 Å². The third kappa shape index (κ3) is 4.15. The van der Waals surface area contributed by atoms with Gasteiger partial charge in [-0.15, -0.1) is 0 Å². The number of hydrogen-bond acceptors (Lipinski definition) is 3. The highest BCUT2D eigenvalue weighted by Gasteiger charge is 2.27. The number of halogens is 3. The minimum absolute atomic E-state index is 0.118. The summed E-state index contributed by atoms with van der Waals surface area (Å²) in [7, 11) is 1.35. The van der Waals surface area contributed by atoms with Gasteiger partial charge in [0.25, 0.3) is 0 Å². The van der Waals surface area contributed by atoms with Crippen molar-refractivity contribution < 1.29 is 32.5 Å². The Bertz CT molecular complexity index is 429. The first-order chi connectivity index (χ1) is 8.33. The van der Waals surface area contributed by atoms with Gasteiger partial charge in [-0.05, 0) is 18.2 Å². The summed E-state index contributed by atoms with van der Waals surface area (Å²) in [5.74, 6) is -1.13. The number of carboxylic acid groups (broad SMARTS) is 1. The van der Waals surface area contributed by atoms with E-state index in [9.17, 15) is 18.0 Å². The van der Waals surface area contributed by atoms with Gasteiger partial charge >= 0.3 is 12.1 Å². The molecule has 0 radical (unpaired) electrons. The average molecular weight is 264 g/mol. The maximum Gasteiger partial charge on any atom is 0.392 e. The summed E-state index contributed by atoms with van der Waals surface area (Å²) in [6.45, 7) is -0.629. The van der Waals surface area contributed by atoms with Gasteiger partial charge in [-0.3, -0.25) is 0 Å². The standard InChI is InChI=1S/C11H11F3O4/c1-17-7-2-3-9(8(6-7)10(15)16)18-5-4-11(12,13)14/h2-3,6H,4-5H2,1H3,(H,15,16). The molecule has 0 unspecified atom stereocenters. The molecule has 1 aromatic carbocycles. The SMILES string of the molecule is COc1ccc(OCCC(F)(F)F)c(C(=O)O)c1. The number of alkyl halides is 3. The minimum Gasteiger partial charge on any atom is -0.497 e. The molecular weight excluding hydrogens is 253 g/mol. The second-order valence-corrected chi connectivity index (χ2v) is 3.38. The molecule has 0 saturated heterocycles. The maximum absolute atomic E-state index is 11.9. The minimum atomic E-state index is -4.34. The molecule has 18 heavy (non-hydrogen) atoms. The van der Waals surface area contributed by atoms with Gasteiger partial charge in [0.1, 0.15) is 17.1 Å². The van der Waals surface area contributed by atoms with E-state index < -0.39 is 25.2 Å². The monoisotopic (exact) mass is 264 g/mol. The third-order valence-corrected chi connectivity index (χ3v) is 2.06. The second kappa shape index (κ2) is 5.61. The first-order valence-electron chi connectivity index (χ1n) is 4.94. The van der Waals surface area contributed by atoms with Crippen LogP contribution in [0.15, 0.2) is 18.2 Å². The van der Waals surface area contributed by atoms with Gasteiger partial charge in [-0.2, -0.15) is 13.2 Å². The lowest BCUT2D eigenvalue weighted by Crippen LogP contribution is -2.14. The molecule has 0 spiro atoms. The molecule has 100 valence electrons. The van der Waals surface area contributed by atoms with Crippen molar-refractivity contribution in [2.45, 2.75) is 12.6 Å². The number of ether oxygens (including phenoxy) is 2. The maximum atomic E-state index is 11.9. The van der Waals surface area contributed by atoms with Crippen LogP contribution in [0.5, 0.6) is 11.5 Å². The van der Waals surface area contributed by atoms with E-state index in [1.54, 1.807) is 0 Å². The fourth-order valence-corrected chi connectivity index (χ4v) is 1.21. The fraction of sp³-hybridized carbons (Fsp3) is 0.364. The molecule has 0 atom stereocenters. The quantitative estimate of drug-likeness (QED) is 0.888. The Labute approximate surface area is 101 Å². The molecular formula is C11H11F3O4. The van der Waals surface area contributed by atoms with Crippen molar-refractivity contribution >= 4 is 5.97 Å². The van der Waals surface area contributed by atoms with E-state index >= 15 is 0 Å². The molecule has 7 heteroatoms. The summed E-state index contributed by atoms with van der Waals surface area (Å²) in [5, 5.41) is 8.89. The molecule has 0 saturated carbocycles. The van der Waals surface area contributed by atoms with Crippen LogP contribution in [-0.4, -0.2) is 31.0 Å². The van der Waals surface area contributed by atoms with E-state index in [2.05, 4.69) is 0 Å². The van der Waals surface area contributed by atoms with Gasteiger partial charge in [-0.25, -0.2) is 4.79 Å². The highest BCUT2D eigenvalue weighted by Crippen LogP contribution is 2.26. The van der Waals surface area contributed by atoms with E-state index in [1.807, 2.05) is 0 Å². The molecule has 0 aliphatic carbocycles. The first-order valence-corrected chi connectivity index (χ1v) is 4.94.